The highest BCUT2D eigenvalue weighted by atomic mass is 32.2. The van der Waals surface area contributed by atoms with Gasteiger partial charge in [-0.25, -0.2) is 13.1 Å². The monoisotopic (exact) mass is 331 g/mol. The fraction of sp³-hybridized carbons (Fsp3) is 0.368. The molecule has 0 saturated carbocycles. The van der Waals surface area contributed by atoms with Crippen molar-refractivity contribution in [3.63, 3.8) is 0 Å². The molecule has 1 unspecified atom stereocenters. The highest BCUT2D eigenvalue weighted by Gasteiger charge is 2.18. The smallest absolute Gasteiger partial charge is 0.207 e. The van der Waals surface area contributed by atoms with Crippen molar-refractivity contribution in [2.24, 2.45) is 0 Å². The summed E-state index contributed by atoms with van der Waals surface area (Å²) >= 11 is 0. The van der Waals surface area contributed by atoms with Crippen molar-refractivity contribution in [3.8, 4) is 0 Å². The van der Waals surface area contributed by atoms with Gasteiger partial charge in [0.15, 0.2) is 0 Å². The minimum atomic E-state index is -3.52. The van der Waals surface area contributed by atoms with Crippen LogP contribution >= 0.6 is 0 Å². The molecule has 2 aromatic rings. The van der Waals surface area contributed by atoms with Crippen LogP contribution < -0.4 is 4.72 Å². The molecular weight excluding hydrogens is 306 g/mol. The van der Waals surface area contributed by atoms with E-state index in [2.05, 4.69) is 18.6 Å². The van der Waals surface area contributed by atoms with Gasteiger partial charge in [-0.2, -0.15) is 0 Å². The van der Waals surface area contributed by atoms with Gasteiger partial charge < -0.3 is 0 Å². The normalized spacial score (nSPS) is 13.3. The van der Waals surface area contributed by atoms with Crippen molar-refractivity contribution in [2.75, 3.05) is 0 Å². The summed E-state index contributed by atoms with van der Waals surface area (Å²) in [5.74, 6) is 0.383. The molecule has 0 amide bonds. The van der Waals surface area contributed by atoms with E-state index in [4.69, 9.17) is 0 Å². The van der Waals surface area contributed by atoms with Crippen LogP contribution in [-0.2, 0) is 10.0 Å². The van der Waals surface area contributed by atoms with E-state index in [0.29, 0.717) is 10.8 Å². The van der Waals surface area contributed by atoms with Crippen LogP contribution in [0.15, 0.2) is 47.4 Å². The number of hydrogen-bond acceptors (Lipinski definition) is 2. The molecule has 0 radical (unpaired) electrons. The van der Waals surface area contributed by atoms with E-state index in [1.807, 2.05) is 51.1 Å². The van der Waals surface area contributed by atoms with E-state index >= 15 is 0 Å². The molecule has 0 aliphatic rings. The van der Waals surface area contributed by atoms with Gasteiger partial charge in [0.2, 0.25) is 10.0 Å². The number of hydrogen-bond donors (Lipinski definition) is 1. The second kappa shape index (κ2) is 6.85. The lowest BCUT2D eigenvalue weighted by atomic mass is 10.0. The van der Waals surface area contributed by atoms with Crippen LogP contribution in [0.25, 0.3) is 0 Å². The lowest BCUT2D eigenvalue weighted by Crippen LogP contribution is -2.27. The third kappa shape index (κ3) is 4.21. The molecule has 1 N–H and O–H groups in total. The van der Waals surface area contributed by atoms with Gasteiger partial charge >= 0.3 is 0 Å². The standard InChI is InChI=1S/C19H25NO2S/c1-13(2)17-8-10-19(11-9-17)23(21,22)20-16(5)18-7-6-14(3)15(4)12-18/h6-13,16,20H,1-5H3. The Labute approximate surface area is 139 Å². The zero-order chi connectivity index (χ0) is 17.2. The first-order chi connectivity index (χ1) is 10.7. The summed E-state index contributed by atoms with van der Waals surface area (Å²) in [4.78, 5) is 0.303. The van der Waals surface area contributed by atoms with E-state index in [1.165, 1.54) is 5.56 Å². The third-order valence-electron chi connectivity index (χ3n) is 4.22. The summed E-state index contributed by atoms with van der Waals surface area (Å²) in [6, 6.07) is 12.8. The second-order valence-electron chi connectivity index (χ2n) is 6.41. The Balaban J connectivity index is 2.21. The van der Waals surface area contributed by atoms with Crippen LogP contribution in [0.4, 0.5) is 0 Å². The second-order valence-corrected chi connectivity index (χ2v) is 8.12. The highest BCUT2D eigenvalue weighted by molar-refractivity contribution is 7.89. The average Bonchev–Trinajstić information content (AvgIpc) is 2.49. The van der Waals surface area contributed by atoms with E-state index in [9.17, 15) is 8.42 Å². The highest BCUT2D eigenvalue weighted by Crippen LogP contribution is 2.21. The zero-order valence-corrected chi connectivity index (χ0v) is 15.2. The fourth-order valence-corrected chi connectivity index (χ4v) is 3.67. The molecule has 0 saturated heterocycles. The van der Waals surface area contributed by atoms with Gasteiger partial charge in [-0.3, -0.25) is 0 Å². The minimum absolute atomic E-state index is 0.274. The average molecular weight is 331 g/mol. The quantitative estimate of drug-likeness (QED) is 0.879. The molecule has 0 aliphatic carbocycles. The number of nitrogens with one attached hydrogen (secondary N) is 1. The molecule has 2 rings (SSSR count). The molecular formula is C19H25NO2S. The molecule has 1 atom stereocenters. The van der Waals surface area contributed by atoms with Crippen molar-refractivity contribution in [3.05, 3.63) is 64.7 Å². The van der Waals surface area contributed by atoms with Crippen molar-refractivity contribution in [1.82, 2.24) is 4.72 Å². The molecule has 0 bridgehead atoms. The van der Waals surface area contributed by atoms with Crippen molar-refractivity contribution in [1.29, 1.82) is 0 Å². The van der Waals surface area contributed by atoms with Crippen molar-refractivity contribution >= 4 is 10.0 Å². The number of rotatable bonds is 5. The van der Waals surface area contributed by atoms with Crippen molar-refractivity contribution < 1.29 is 8.42 Å². The molecule has 0 aliphatic heterocycles. The van der Waals surface area contributed by atoms with Crippen LogP contribution in [0.3, 0.4) is 0 Å². The molecule has 0 spiro atoms. The van der Waals surface area contributed by atoms with E-state index < -0.39 is 10.0 Å². The lowest BCUT2D eigenvalue weighted by Gasteiger charge is -2.16. The van der Waals surface area contributed by atoms with Gasteiger partial charge in [0, 0.05) is 6.04 Å². The van der Waals surface area contributed by atoms with Gasteiger partial charge in [0.05, 0.1) is 4.90 Å². The number of benzene rings is 2. The summed E-state index contributed by atoms with van der Waals surface area (Å²) < 4.78 is 27.8. The van der Waals surface area contributed by atoms with E-state index in [-0.39, 0.29) is 6.04 Å². The Bertz CT molecular complexity index is 778. The Morgan fingerprint density at radius 2 is 1.39 bits per heavy atom. The third-order valence-corrected chi connectivity index (χ3v) is 5.78. The summed E-state index contributed by atoms with van der Waals surface area (Å²) in [5, 5.41) is 0. The van der Waals surface area contributed by atoms with E-state index in [1.54, 1.807) is 12.1 Å². The topological polar surface area (TPSA) is 46.2 Å². The maximum Gasteiger partial charge on any atom is 0.241 e. The van der Waals surface area contributed by atoms with Gasteiger partial charge in [-0.1, -0.05) is 44.2 Å². The van der Waals surface area contributed by atoms with Crippen molar-refractivity contribution in [2.45, 2.75) is 51.5 Å². The Hall–Kier alpha value is -1.65. The van der Waals surface area contributed by atoms with E-state index in [0.717, 1.165) is 16.7 Å². The number of aryl methyl sites for hydroxylation is 2. The first kappa shape index (κ1) is 17.7. The SMILES string of the molecule is Cc1ccc(C(C)NS(=O)(=O)c2ccc(C(C)C)cc2)cc1C. The Kier molecular flexibility index (Phi) is 5.27. The van der Waals surface area contributed by atoms with Gasteiger partial charge in [-0.15, -0.1) is 0 Å². The predicted molar refractivity (Wildman–Crippen MR) is 95.2 cm³/mol. The minimum Gasteiger partial charge on any atom is -0.207 e. The first-order valence-corrected chi connectivity index (χ1v) is 9.38. The summed E-state index contributed by atoms with van der Waals surface area (Å²) in [7, 11) is -3.52. The Morgan fingerprint density at radius 3 is 1.91 bits per heavy atom. The molecule has 23 heavy (non-hydrogen) atoms. The lowest BCUT2D eigenvalue weighted by molar-refractivity contribution is 0.567. The van der Waals surface area contributed by atoms with Gasteiger partial charge in [0.25, 0.3) is 0 Å². The molecule has 0 aromatic heterocycles. The zero-order valence-electron chi connectivity index (χ0n) is 14.4. The largest absolute Gasteiger partial charge is 0.241 e. The van der Waals surface area contributed by atoms with Crippen LogP contribution in [0.1, 0.15) is 55.0 Å². The molecule has 124 valence electrons. The molecule has 4 heteroatoms. The summed E-state index contributed by atoms with van der Waals surface area (Å²) in [5.41, 5.74) is 4.46. The predicted octanol–water partition coefficient (Wildman–Crippen LogP) is 4.47. The molecule has 0 fully saturated rings. The maximum atomic E-state index is 12.5. The molecule has 3 nitrogen and oxygen atoms in total. The Morgan fingerprint density at radius 1 is 0.826 bits per heavy atom. The molecule has 0 heterocycles. The summed E-state index contributed by atoms with van der Waals surface area (Å²) in [6.45, 7) is 10.1. The van der Waals surface area contributed by atoms with Gasteiger partial charge in [0.1, 0.15) is 0 Å². The fourth-order valence-electron chi connectivity index (χ4n) is 2.43. The number of sulfonamides is 1. The van der Waals surface area contributed by atoms with Gasteiger partial charge in [-0.05, 0) is 61.1 Å². The van der Waals surface area contributed by atoms with Crippen LogP contribution in [-0.4, -0.2) is 8.42 Å². The summed E-state index contributed by atoms with van der Waals surface area (Å²) in [6.07, 6.45) is 0. The first-order valence-electron chi connectivity index (χ1n) is 7.90. The maximum absolute atomic E-state index is 12.5. The van der Waals surface area contributed by atoms with Crippen LogP contribution in [0.2, 0.25) is 0 Å². The van der Waals surface area contributed by atoms with Crippen LogP contribution in [0.5, 0.6) is 0 Å². The molecule has 2 aromatic carbocycles. The van der Waals surface area contributed by atoms with Crippen LogP contribution in [0, 0.1) is 13.8 Å².